The number of aromatic nitrogens is 2. The molecule has 0 aromatic carbocycles. The summed E-state index contributed by atoms with van der Waals surface area (Å²) in [5, 5.41) is 3.76. The lowest BCUT2D eigenvalue weighted by molar-refractivity contribution is 0.115. The van der Waals surface area contributed by atoms with Crippen LogP contribution in [0.15, 0.2) is 12.4 Å². The van der Waals surface area contributed by atoms with Crippen LogP contribution in [0.5, 0.6) is 0 Å². The highest BCUT2D eigenvalue weighted by atomic mass is 15.2. The summed E-state index contributed by atoms with van der Waals surface area (Å²) in [5.41, 5.74) is 0.690. The van der Waals surface area contributed by atoms with Crippen molar-refractivity contribution in [3.8, 4) is 0 Å². The zero-order chi connectivity index (χ0) is 14.9. The zero-order valence-electron chi connectivity index (χ0n) is 13.9. The minimum absolute atomic E-state index is 0.216. The predicted octanol–water partition coefficient (Wildman–Crippen LogP) is 2.65. The van der Waals surface area contributed by atoms with Gasteiger partial charge < -0.3 is 9.88 Å². The highest BCUT2D eigenvalue weighted by molar-refractivity contribution is 4.98. The minimum atomic E-state index is 0.216. The third-order valence-corrected chi connectivity index (χ3v) is 5.04. The first-order valence-electron chi connectivity index (χ1n) is 8.43. The predicted molar refractivity (Wildman–Crippen MR) is 86.2 cm³/mol. The fourth-order valence-corrected chi connectivity index (χ4v) is 3.80. The zero-order valence-corrected chi connectivity index (χ0v) is 13.9. The van der Waals surface area contributed by atoms with Crippen molar-refractivity contribution in [2.75, 3.05) is 19.6 Å². The van der Waals surface area contributed by atoms with Crippen LogP contribution in [0.2, 0.25) is 0 Å². The number of fused-ring (bicyclic) bond motifs is 1. The minimum Gasteiger partial charge on any atom is -0.333 e. The molecule has 4 heteroatoms. The van der Waals surface area contributed by atoms with E-state index >= 15 is 0 Å². The first-order valence-corrected chi connectivity index (χ1v) is 8.43. The fraction of sp³-hybridized carbons (Fsp3) is 0.824. The van der Waals surface area contributed by atoms with Crippen LogP contribution in [0, 0.1) is 5.41 Å². The van der Waals surface area contributed by atoms with Crippen LogP contribution in [0.4, 0.5) is 0 Å². The van der Waals surface area contributed by atoms with E-state index in [9.17, 15) is 0 Å². The van der Waals surface area contributed by atoms with Crippen LogP contribution < -0.4 is 5.32 Å². The van der Waals surface area contributed by atoms with Gasteiger partial charge in [-0.25, -0.2) is 4.98 Å². The lowest BCUT2D eigenvalue weighted by Crippen LogP contribution is -2.49. The average Bonchev–Trinajstić information content (AvgIpc) is 3.05. The van der Waals surface area contributed by atoms with Gasteiger partial charge in [-0.2, -0.15) is 0 Å². The van der Waals surface area contributed by atoms with Gasteiger partial charge in [-0.05, 0) is 39.0 Å². The molecule has 0 amide bonds. The van der Waals surface area contributed by atoms with E-state index in [0.29, 0.717) is 5.41 Å². The van der Waals surface area contributed by atoms with E-state index in [1.807, 2.05) is 6.20 Å². The number of imidazole rings is 1. The standard InChI is InChI=1S/C17H30N4/c1-16(2,3)19-13-17(6-4-5-7-17)14-20-10-11-21-9-8-18-15(21)12-20/h8-9,19H,4-7,10-14H2,1-3H3. The summed E-state index contributed by atoms with van der Waals surface area (Å²) in [6.45, 7) is 12.5. The molecule has 1 saturated carbocycles. The Morgan fingerprint density at radius 1 is 1.24 bits per heavy atom. The van der Waals surface area contributed by atoms with Crippen molar-refractivity contribution in [1.82, 2.24) is 19.8 Å². The second-order valence-electron chi connectivity index (χ2n) is 8.06. The van der Waals surface area contributed by atoms with E-state index in [-0.39, 0.29) is 5.54 Å². The van der Waals surface area contributed by atoms with Crippen molar-refractivity contribution in [2.45, 2.75) is 65.1 Å². The van der Waals surface area contributed by atoms with Gasteiger partial charge >= 0.3 is 0 Å². The molecule has 2 heterocycles. The highest BCUT2D eigenvalue weighted by Crippen LogP contribution is 2.39. The number of rotatable bonds is 4. The summed E-state index contributed by atoms with van der Waals surface area (Å²) in [6.07, 6.45) is 9.59. The van der Waals surface area contributed by atoms with Gasteiger partial charge in [0.1, 0.15) is 5.82 Å². The second-order valence-corrected chi connectivity index (χ2v) is 8.06. The van der Waals surface area contributed by atoms with Gasteiger partial charge in [0.2, 0.25) is 0 Å². The Bertz CT molecular complexity index is 465. The maximum atomic E-state index is 4.50. The SMILES string of the molecule is CC(C)(C)NCC1(CN2CCn3ccnc3C2)CCCC1. The molecule has 4 nitrogen and oxygen atoms in total. The van der Waals surface area contributed by atoms with E-state index in [2.05, 4.69) is 46.7 Å². The molecule has 118 valence electrons. The van der Waals surface area contributed by atoms with Crippen LogP contribution in [0.3, 0.4) is 0 Å². The molecule has 1 aliphatic carbocycles. The molecule has 0 saturated heterocycles. The van der Waals surface area contributed by atoms with E-state index in [1.54, 1.807) is 0 Å². The van der Waals surface area contributed by atoms with Crippen LogP contribution in [0.1, 0.15) is 52.3 Å². The Morgan fingerprint density at radius 3 is 2.71 bits per heavy atom. The number of nitrogens with one attached hydrogen (secondary N) is 1. The summed E-state index contributed by atoms with van der Waals surface area (Å²) in [5.74, 6) is 1.23. The summed E-state index contributed by atoms with van der Waals surface area (Å²) >= 11 is 0. The molecule has 0 radical (unpaired) electrons. The number of hydrogen-bond donors (Lipinski definition) is 1. The fourth-order valence-electron chi connectivity index (χ4n) is 3.80. The molecule has 21 heavy (non-hydrogen) atoms. The lowest BCUT2D eigenvalue weighted by atomic mass is 9.84. The van der Waals surface area contributed by atoms with Gasteiger partial charge in [0.25, 0.3) is 0 Å². The third-order valence-electron chi connectivity index (χ3n) is 5.04. The quantitative estimate of drug-likeness (QED) is 0.925. The summed E-state index contributed by atoms with van der Waals surface area (Å²) in [7, 11) is 0. The molecular formula is C17H30N4. The molecule has 1 fully saturated rings. The second kappa shape index (κ2) is 5.73. The van der Waals surface area contributed by atoms with Gasteiger partial charge in [0.05, 0.1) is 6.54 Å². The number of nitrogens with zero attached hydrogens (tertiary/aromatic N) is 3. The van der Waals surface area contributed by atoms with Crippen molar-refractivity contribution in [1.29, 1.82) is 0 Å². The molecule has 0 spiro atoms. The molecule has 0 unspecified atom stereocenters. The van der Waals surface area contributed by atoms with Crippen LogP contribution in [-0.4, -0.2) is 39.6 Å². The van der Waals surface area contributed by atoms with Crippen LogP contribution in [-0.2, 0) is 13.1 Å². The molecule has 3 rings (SSSR count). The molecule has 1 aromatic rings. The molecule has 0 bridgehead atoms. The Labute approximate surface area is 128 Å². The van der Waals surface area contributed by atoms with Crippen molar-refractivity contribution in [3.05, 3.63) is 18.2 Å². The van der Waals surface area contributed by atoms with Crippen molar-refractivity contribution in [3.63, 3.8) is 0 Å². The van der Waals surface area contributed by atoms with Crippen LogP contribution in [0.25, 0.3) is 0 Å². The normalized spacial score (nSPS) is 22.4. The molecule has 1 aromatic heterocycles. The Balaban J connectivity index is 1.63. The average molecular weight is 290 g/mol. The first-order chi connectivity index (χ1) is 9.96. The summed E-state index contributed by atoms with van der Waals surface area (Å²) in [6, 6.07) is 0. The third kappa shape index (κ3) is 3.67. The Morgan fingerprint density at radius 2 is 2.00 bits per heavy atom. The van der Waals surface area contributed by atoms with Crippen LogP contribution >= 0.6 is 0 Å². The van der Waals surface area contributed by atoms with E-state index in [1.165, 1.54) is 44.6 Å². The molecular weight excluding hydrogens is 260 g/mol. The van der Waals surface area contributed by atoms with E-state index in [4.69, 9.17) is 0 Å². The summed E-state index contributed by atoms with van der Waals surface area (Å²) in [4.78, 5) is 7.12. The monoisotopic (exact) mass is 290 g/mol. The molecule has 0 atom stereocenters. The van der Waals surface area contributed by atoms with Gasteiger partial charge in [-0.1, -0.05) is 12.8 Å². The Hall–Kier alpha value is -0.870. The van der Waals surface area contributed by atoms with Crippen molar-refractivity contribution in [2.24, 2.45) is 5.41 Å². The van der Waals surface area contributed by atoms with E-state index < -0.39 is 0 Å². The topological polar surface area (TPSA) is 33.1 Å². The Kier molecular flexibility index (Phi) is 4.10. The van der Waals surface area contributed by atoms with Gasteiger partial charge in [-0.3, -0.25) is 4.90 Å². The smallest absolute Gasteiger partial charge is 0.122 e. The maximum Gasteiger partial charge on any atom is 0.122 e. The molecule has 2 aliphatic rings. The van der Waals surface area contributed by atoms with Crippen molar-refractivity contribution < 1.29 is 0 Å². The maximum absolute atomic E-state index is 4.50. The van der Waals surface area contributed by atoms with E-state index in [0.717, 1.165) is 19.6 Å². The van der Waals surface area contributed by atoms with Gasteiger partial charge in [0, 0.05) is 44.1 Å². The lowest BCUT2D eigenvalue weighted by Gasteiger charge is -2.39. The van der Waals surface area contributed by atoms with Gasteiger partial charge in [-0.15, -0.1) is 0 Å². The largest absolute Gasteiger partial charge is 0.333 e. The number of hydrogen-bond acceptors (Lipinski definition) is 3. The van der Waals surface area contributed by atoms with Gasteiger partial charge in [0.15, 0.2) is 0 Å². The first kappa shape index (κ1) is 15.0. The molecule has 1 N–H and O–H groups in total. The summed E-state index contributed by atoms with van der Waals surface area (Å²) < 4.78 is 2.30. The molecule has 1 aliphatic heterocycles. The van der Waals surface area contributed by atoms with Crippen molar-refractivity contribution >= 4 is 0 Å². The highest BCUT2D eigenvalue weighted by Gasteiger charge is 2.37.